The maximum Gasteiger partial charge on any atom is 0.419 e. The van der Waals surface area contributed by atoms with E-state index < -0.39 is 5.60 Å². The molecular formula is C18H25N3O4. The van der Waals surface area contributed by atoms with Gasteiger partial charge in [-0.25, -0.2) is 9.59 Å². The largest absolute Gasteiger partial charge is 0.444 e. The van der Waals surface area contributed by atoms with Crippen molar-refractivity contribution >= 4 is 22.9 Å². The van der Waals surface area contributed by atoms with Gasteiger partial charge in [0, 0.05) is 37.9 Å². The lowest BCUT2D eigenvalue weighted by atomic mass is 10.1. The van der Waals surface area contributed by atoms with Gasteiger partial charge < -0.3 is 19.4 Å². The van der Waals surface area contributed by atoms with Gasteiger partial charge in [0.25, 0.3) is 0 Å². The van der Waals surface area contributed by atoms with Crippen LogP contribution in [0.5, 0.6) is 0 Å². The van der Waals surface area contributed by atoms with E-state index in [1.807, 2.05) is 39.0 Å². The molecule has 7 nitrogen and oxygen atoms in total. The van der Waals surface area contributed by atoms with Gasteiger partial charge in [-0.05, 0) is 45.7 Å². The summed E-state index contributed by atoms with van der Waals surface area (Å²) in [7, 11) is 1.68. The van der Waals surface area contributed by atoms with Gasteiger partial charge in [-0.2, -0.15) is 0 Å². The summed E-state index contributed by atoms with van der Waals surface area (Å²) >= 11 is 0. The Labute approximate surface area is 146 Å². The van der Waals surface area contributed by atoms with Crippen molar-refractivity contribution in [3.8, 4) is 0 Å². The first-order chi connectivity index (χ1) is 11.7. The third-order valence-electron chi connectivity index (χ3n) is 4.24. The third-order valence-corrected chi connectivity index (χ3v) is 4.24. The minimum Gasteiger partial charge on any atom is -0.444 e. The van der Waals surface area contributed by atoms with Crippen molar-refractivity contribution in [2.45, 2.75) is 45.3 Å². The second-order valence-corrected chi connectivity index (χ2v) is 7.52. The van der Waals surface area contributed by atoms with Crippen LogP contribution in [0.15, 0.2) is 27.4 Å². The van der Waals surface area contributed by atoms with E-state index in [0.717, 1.165) is 24.0 Å². The number of carbonyl (C=O) groups is 1. The predicted molar refractivity (Wildman–Crippen MR) is 95.9 cm³/mol. The summed E-state index contributed by atoms with van der Waals surface area (Å²) in [6.45, 7) is 6.90. The fraction of sp³-hybridized carbons (Fsp3) is 0.556. The Bertz CT molecular complexity index is 831. The summed E-state index contributed by atoms with van der Waals surface area (Å²) in [6.07, 6.45) is 1.61. The highest BCUT2D eigenvalue weighted by Crippen LogP contribution is 2.22. The maximum atomic E-state index is 12.3. The SMILES string of the molecule is Cn1c(=O)oc2cc(NC3CCCN(C(=O)OC(C)(C)C)C3)ccc21. The Balaban J connectivity index is 1.68. The van der Waals surface area contributed by atoms with Gasteiger partial charge in [0.05, 0.1) is 5.52 Å². The Kier molecular flexibility index (Phi) is 4.49. The second kappa shape index (κ2) is 6.46. The van der Waals surface area contributed by atoms with Gasteiger partial charge >= 0.3 is 11.8 Å². The number of amides is 1. The van der Waals surface area contributed by atoms with E-state index in [1.54, 1.807) is 11.9 Å². The second-order valence-electron chi connectivity index (χ2n) is 7.52. The zero-order chi connectivity index (χ0) is 18.2. The molecule has 1 unspecified atom stereocenters. The lowest BCUT2D eigenvalue weighted by Gasteiger charge is -2.34. The number of anilines is 1. The number of carbonyl (C=O) groups excluding carboxylic acids is 1. The van der Waals surface area contributed by atoms with Crippen molar-refractivity contribution in [3.05, 3.63) is 28.7 Å². The number of aryl methyl sites for hydroxylation is 1. The highest BCUT2D eigenvalue weighted by atomic mass is 16.6. The standard InChI is InChI=1S/C18H25N3O4/c1-18(2,3)25-17(23)21-9-5-6-13(11-21)19-12-7-8-14-15(10-12)24-16(22)20(14)4/h7-8,10,13,19H,5-6,9,11H2,1-4H3. The first kappa shape index (κ1) is 17.4. The van der Waals surface area contributed by atoms with Crippen LogP contribution in [0.3, 0.4) is 0 Å². The van der Waals surface area contributed by atoms with E-state index in [1.165, 1.54) is 4.57 Å². The molecule has 1 atom stereocenters. The lowest BCUT2D eigenvalue weighted by molar-refractivity contribution is 0.0206. The molecule has 0 aliphatic carbocycles. The van der Waals surface area contributed by atoms with E-state index in [9.17, 15) is 9.59 Å². The summed E-state index contributed by atoms with van der Waals surface area (Å²) < 4.78 is 12.2. The van der Waals surface area contributed by atoms with Crippen LogP contribution >= 0.6 is 0 Å². The number of hydrogen-bond acceptors (Lipinski definition) is 5. The first-order valence-corrected chi connectivity index (χ1v) is 8.57. The average Bonchev–Trinajstić information content (AvgIpc) is 2.80. The molecule has 1 saturated heterocycles. The molecular weight excluding hydrogens is 322 g/mol. The quantitative estimate of drug-likeness (QED) is 0.904. The zero-order valence-electron chi connectivity index (χ0n) is 15.2. The van der Waals surface area contributed by atoms with Crippen molar-refractivity contribution in [2.24, 2.45) is 7.05 Å². The van der Waals surface area contributed by atoms with Gasteiger partial charge in [-0.3, -0.25) is 4.57 Å². The van der Waals surface area contributed by atoms with Crippen LogP contribution in [0.1, 0.15) is 33.6 Å². The van der Waals surface area contributed by atoms with Crippen molar-refractivity contribution in [1.29, 1.82) is 0 Å². The molecule has 0 radical (unpaired) electrons. The molecule has 136 valence electrons. The van der Waals surface area contributed by atoms with Crippen molar-refractivity contribution in [2.75, 3.05) is 18.4 Å². The van der Waals surface area contributed by atoms with E-state index in [0.29, 0.717) is 18.7 Å². The van der Waals surface area contributed by atoms with Gasteiger partial charge in [0.1, 0.15) is 5.60 Å². The monoisotopic (exact) mass is 347 g/mol. The first-order valence-electron chi connectivity index (χ1n) is 8.57. The van der Waals surface area contributed by atoms with Crippen LogP contribution < -0.4 is 11.1 Å². The number of hydrogen-bond donors (Lipinski definition) is 1. The molecule has 7 heteroatoms. The summed E-state index contributed by atoms with van der Waals surface area (Å²) in [5.41, 5.74) is 1.69. The number of benzene rings is 1. The molecule has 1 fully saturated rings. The molecule has 1 aliphatic rings. The minimum atomic E-state index is -0.493. The molecule has 1 aliphatic heterocycles. The van der Waals surface area contributed by atoms with Crippen molar-refractivity contribution in [3.63, 3.8) is 0 Å². The molecule has 0 saturated carbocycles. The summed E-state index contributed by atoms with van der Waals surface area (Å²) in [5.74, 6) is -0.374. The van der Waals surface area contributed by atoms with Gasteiger partial charge in [0.2, 0.25) is 0 Å². The Morgan fingerprint density at radius 3 is 2.84 bits per heavy atom. The fourth-order valence-corrected chi connectivity index (χ4v) is 3.05. The number of aromatic nitrogens is 1. The summed E-state index contributed by atoms with van der Waals surface area (Å²) in [6, 6.07) is 5.73. The van der Waals surface area contributed by atoms with Crippen LogP contribution in [0.25, 0.3) is 11.1 Å². The number of fused-ring (bicyclic) bond motifs is 1. The number of nitrogens with one attached hydrogen (secondary N) is 1. The van der Waals surface area contributed by atoms with Crippen molar-refractivity contribution < 1.29 is 13.9 Å². The molecule has 2 aromatic rings. The van der Waals surface area contributed by atoms with Crippen molar-refractivity contribution in [1.82, 2.24) is 9.47 Å². The van der Waals surface area contributed by atoms with Gasteiger partial charge in [0.15, 0.2) is 5.58 Å². The summed E-state index contributed by atoms with van der Waals surface area (Å²) in [5, 5.41) is 3.43. The number of piperidine rings is 1. The van der Waals surface area contributed by atoms with Crippen LogP contribution in [0, 0.1) is 0 Å². The Morgan fingerprint density at radius 1 is 1.36 bits per heavy atom. The highest BCUT2D eigenvalue weighted by molar-refractivity contribution is 5.77. The number of likely N-dealkylation sites (tertiary alicyclic amines) is 1. The van der Waals surface area contributed by atoms with E-state index in [2.05, 4.69) is 5.32 Å². The highest BCUT2D eigenvalue weighted by Gasteiger charge is 2.27. The number of nitrogens with zero attached hydrogens (tertiary/aromatic N) is 2. The van der Waals surface area contributed by atoms with Gasteiger partial charge in [-0.15, -0.1) is 0 Å². The number of rotatable bonds is 2. The zero-order valence-corrected chi connectivity index (χ0v) is 15.2. The van der Waals surface area contributed by atoms with Gasteiger partial charge in [-0.1, -0.05) is 0 Å². The van der Waals surface area contributed by atoms with Crippen LogP contribution in [0.2, 0.25) is 0 Å². The van der Waals surface area contributed by atoms with Crippen LogP contribution in [-0.2, 0) is 11.8 Å². The molecule has 2 heterocycles. The fourth-order valence-electron chi connectivity index (χ4n) is 3.05. The molecule has 0 spiro atoms. The van der Waals surface area contributed by atoms with E-state index >= 15 is 0 Å². The number of ether oxygens (including phenoxy) is 1. The van der Waals surface area contributed by atoms with E-state index in [4.69, 9.17) is 9.15 Å². The smallest absolute Gasteiger partial charge is 0.419 e. The molecule has 1 N–H and O–H groups in total. The average molecular weight is 347 g/mol. The Hall–Kier alpha value is -2.44. The Morgan fingerprint density at radius 2 is 2.12 bits per heavy atom. The molecule has 25 heavy (non-hydrogen) atoms. The minimum absolute atomic E-state index is 0.133. The molecule has 1 aromatic carbocycles. The molecule has 1 amide bonds. The summed E-state index contributed by atoms with van der Waals surface area (Å²) in [4.78, 5) is 25.6. The van der Waals surface area contributed by atoms with Crippen LogP contribution in [0.4, 0.5) is 10.5 Å². The molecule has 3 rings (SSSR count). The topological polar surface area (TPSA) is 76.7 Å². The lowest BCUT2D eigenvalue weighted by Crippen LogP contribution is -2.46. The molecule has 0 bridgehead atoms. The third kappa shape index (κ3) is 3.97. The normalized spacial score (nSPS) is 18.4. The predicted octanol–water partition coefficient (Wildman–Crippen LogP) is 2.94. The maximum absolute atomic E-state index is 12.3. The molecule has 1 aromatic heterocycles. The number of oxazole rings is 1. The van der Waals surface area contributed by atoms with Crippen LogP contribution in [-0.4, -0.2) is 40.3 Å². The van der Waals surface area contributed by atoms with E-state index in [-0.39, 0.29) is 17.9 Å².